The number of nitrogen functional groups attached to an aromatic ring is 1. The van der Waals surface area contributed by atoms with E-state index in [1.54, 1.807) is 61.7 Å². The first-order valence-corrected chi connectivity index (χ1v) is 10.2. The second-order valence-electron chi connectivity index (χ2n) is 7.60. The van der Waals surface area contributed by atoms with Gasteiger partial charge in [-0.3, -0.25) is 4.79 Å². The number of rotatable bonds is 6. The molecule has 0 spiro atoms. The van der Waals surface area contributed by atoms with Crippen molar-refractivity contribution in [3.8, 4) is 17.2 Å². The standard InChI is InChI=1S/C24H21FN6O2/c1-14-5-6-18(16-8-10-31-20(12-16)29-24(27)30-31)22(25)21(14)23(33)28-9-7-19(32)17-4-2-3-15(11-17)13-26/h2-6,8,10-12,19,32H,7,9H2,1H3,(H2,27,30)(H,28,33). The van der Waals surface area contributed by atoms with Crippen LogP contribution in [-0.2, 0) is 0 Å². The van der Waals surface area contributed by atoms with Gasteiger partial charge in [-0.2, -0.15) is 10.2 Å². The Morgan fingerprint density at radius 2 is 2.12 bits per heavy atom. The van der Waals surface area contributed by atoms with Crippen molar-refractivity contribution in [2.45, 2.75) is 19.4 Å². The molecule has 0 radical (unpaired) electrons. The van der Waals surface area contributed by atoms with E-state index in [-0.39, 0.29) is 30.0 Å². The number of nitriles is 1. The quantitative estimate of drug-likeness (QED) is 0.419. The normalized spacial score (nSPS) is 11.8. The number of fused-ring (bicyclic) bond motifs is 1. The van der Waals surface area contributed by atoms with E-state index in [1.165, 1.54) is 4.52 Å². The van der Waals surface area contributed by atoms with E-state index in [2.05, 4.69) is 15.4 Å². The van der Waals surface area contributed by atoms with Crippen LogP contribution < -0.4 is 11.1 Å². The molecule has 0 aliphatic heterocycles. The zero-order valence-corrected chi connectivity index (χ0v) is 17.8. The van der Waals surface area contributed by atoms with E-state index in [4.69, 9.17) is 11.0 Å². The first-order valence-electron chi connectivity index (χ1n) is 10.2. The van der Waals surface area contributed by atoms with Crippen LogP contribution in [0.15, 0.2) is 54.7 Å². The lowest BCUT2D eigenvalue weighted by molar-refractivity contribution is 0.0938. The number of anilines is 1. The third-order valence-corrected chi connectivity index (χ3v) is 5.35. The first-order chi connectivity index (χ1) is 15.9. The molecule has 2 heterocycles. The van der Waals surface area contributed by atoms with E-state index in [0.29, 0.717) is 27.9 Å². The molecule has 166 valence electrons. The number of nitrogens with one attached hydrogen (secondary N) is 1. The molecule has 0 aliphatic rings. The Hall–Kier alpha value is -4.29. The molecular weight excluding hydrogens is 423 g/mol. The molecule has 4 aromatic rings. The van der Waals surface area contributed by atoms with Gasteiger partial charge in [0.15, 0.2) is 5.65 Å². The SMILES string of the molecule is Cc1ccc(-c2ccn3nc(N)nc3c2)c(F)c1C(=O)NCCC(O)c1cccc(C#N)c1. The average molecular weight is 444 g/mol. The number of aliphatic hydroxyl groups excluding tert-OH is 1. The van der Waals surface area contributed by atoms with Gasteiger partial charge in [0.1, 0.15) is 5.82 Å². The van der Waals surface area contributed by atoms with Crippen LogP contribution in [0, 0.1) is 24.1 Å². The second kappa shape index (κ2) is 9.06. The molecule has 8 nitrogen and oxygen atoms in total. The predicted octanol–water partition coefficient (Wildman–Crippen LogP) is 3.15. The first kappa shape index (κ1) is 21.9. The third kappa shape index (κ3) is 4.51. The number of carbonyl (C=O) groups excluding carboxylic acids is 1. The summed E-state index contributed by atoms with van der Waals surface area (Å²) in [6.45, 7) is 1.79. The van der Waals surface area contributed by atoms with Crippen LogP contribution >= 0.6 is 0 Å². The highest BCUT2D eigenvalue weighted by Crippen LogP contribution is 2.28. The molecule has 1 amide bonds. The van der Waals surface area contributed by atoms with Crippen molar-refractivity contribution in [1.29, 1.82) is 5.26 Å². The monoisotopic (exact) mass is 444 g/mol. The van der Waals surface area contributed by atoms with E-state index >= 15 is 4.39 Å². The Morgan fingerprint density at radius 3 is 2.91 bits per heavy atom. The van der Waals surface area contributed by atoms with Crippen molar-refractivity contribution in [3.63, 3.8) is 0 Å². The summed E-state index contributed by atoms with van der Waals surface area (Å²) in [6, 6.07) is 15.3. The minimum atomic E-state index is -0.863. The molecule has 1 atom stereocenters. The molecule has 2 aromatic heterocycles. The molecule has 0 saturated carbocycles. The molecule has 4 rings (SSSR count). The Balaban J connectivity index is 1.51. The number of halogens is 1. The fourth-order valence-corrected chi connectivity index (χ4v) is 3.63. The largest absolute Gasteiger partial charge is 0.388 e. The van der Waals surface area contributed by atoms with Gasteiger partial charge in [0, 0.05) is 18.3 Å². The van der Waals surface area contributed by atoms with Crippen LogP contribution in [0.2, 0.25) is 0 Å². The second-order valence-corrected chi connectivity index (χ2v) is 7.60. The van der Waals surface area contributed by atoms with Gasteiger partial charge in [0.25, 0.3) is 5.91 Å². The van der Waals surface area contributed by atoms with Gasteiger partial charge in [-0.25, -0.2) is 8.91 Å². The molecule has 1 unspecified atom stereocenters. The van der Waals surface area contributed by atoms with E-state index in [1.807, 2.05) is 6.07 Å². The fourth-order valence-electron chi connectivity index (χ4n) is 3.63. The van der Waals surface area contributed by atoms with Gasteiger partial charge in [0.2, 0.25) is 5.95 Å². The number of benzene rings is 2. The van der Waals surface area contributed by atoms with Crippen molar-refractivity contribution in [1.82, 2.24) is 19.9 Å². The van der Waals surface area contributed by atoms with Crippen LogP contribution in [0.1, 0.15) is 39.6 Å². The maximum Gasteiger partial charge on any atom is 0.254 e. The summed E-state index contributed by atoms with van der Waals surface area (Å²) in [7, 11) is 0. The van der Waals surface area contributed by atoms with Crippen LogP contribution in [-0.4, -0.2) is 32.2 Å². The van der Waals surface area contributed by atoms with Gasteiger partial charge in [-0.1, -0.05) is 24.3 Å². The minimum Gasteiger partial charge on any atom is -0.388 e. The lowest BCUT2D eigenvalue weighted by Gasteiger charge is -2.14. The molecule has 0 aliphatic carbocycles. The molecule has 4 N–H and O–H groups in total. The van der Waals surface area contributed by atoms with Crippen molar-refractivity contribution in [2.24, 2.45) is 0 Å². The van der Waals surface area contributed by atoms with Crippen molar-refractivity contribution in [2.75, 3.05) is 12.3 Å². The Bertz CT molecular complexity index is 1390. The van der Waals surface area contributed by atoms with Gasteiger partial charge >= 0.3 is 0 Å². The van der Waals surface area contributed by atoms with E-state index in [9.17, 15) is 9.90 Å². The Kier molecular flexibility index (Phi) is 6.02. The van der Waals surface area contributed by atoms with Crippen molar-refractivity contribution in [3.05, 3.63) is 82.8 Å². The van der Waals surface area contributed by atoms with Gasteiger partial charge in [-0.15, -0.1) is 5.10 Å². The third-order valence-electron chi connectivity index (χ3n) is 5.35. The van der Waals surface area contributed by atoms with E-state index in [0.717, 1.165) is 0 Å². The average Bonchev–Trinajstić information content (AvgIpc) is 3.18. The van der Waals surface area contributed by atoms with Crippen molar-refractivity contribution < 1.29 is 14.3 Å². The van der Waals surface area contributed by atoms with Gasteiger partial charge < -0.3 is 16.2 Å². The van der Waals surface area contributed by atoms with Crippen LogP contribution in [0.4, 0.5) is 10.3 Å². The number of carbonyl (C=O) groups is 1. The fraction of sp³-hybridized carbons (Fsp3) is 0.167. The van der Waals surface area contributed by atoms with Gasteiger partial charge in [-0.05, 0) is 54.3 Å². The Morgan fingerprint density at radius 1 is 1.30 bits per heavy atom. The lowest BCUT2D eigenvalue weighted by Crippen LogP contribution is -2.27. The number of hydrogen-bond donors (Lipinski definition) is 3. The molecule has 0 saturated heterocycles. The molecule has 9 heteroatoms. The maximum atomic E-state index is 15.4. The zero-order chi connectivity index (χ0) is 23.5. The molecule has 33 heavy (non-hydrogen) atoms. The Labute approximate surface area is 189 Å². The summed E-state index contributed by atoms with van der Waals surface area (Å²) in [4.78, 5) is 16.9. The number of aliphatic hydroxyl groups is 1. The molecule has 0 bridgehead atoms. The minimum absolute atomic E-state index is 0.0608. The van der Waals surface area contributed by atoms with Crippen LogP contribution in [0.3, 0.4) is 0 Å². The summed E-state index contributed by atoms with van der Waals surface area (Å²) in [5.74, 6) is -1.11. The smallest absolute Gasteiger partial charge is 0.254 e. The highest BCUT2D eigenvalue weighted by Gasteiger charge is 2.20. The zero-order valence-electron chi connectivity index (χ0n) is 17.8. The maximum absolute atomic E-state index is 15.4. The summed E-state index contributed by atoms with van der Waals surface area (Å²) in [5.41, 5.74) is 8.31. The molecule has 0 fully saturated rings. The van der Waals surface area contributed by atoms with Crippen LogP contribution in [0.5, 0.6) is 0 Å². The topological polar surface area (TPSA) is 129 Å². The number of nitrogens with zero attached hydrogens (tertiary/aromatic N) is 4. The molecular formula is C24H21FN6O2. The van der Waals surface area contributed by atoms with Gasteiger partial charge in [0.05, 0.1) is 23.3 Å². The summed E-state index contributed by atoms with van der Waals surface area (Å²) in [5, 5.41) is 26.0. The predicted molar refractivity (Wildman–Crippen MR) is 121 cm³/mol. The van der Waals surface area contributed by atoms with Crippen molar-refractivity contribution >= 4 is 17.5 Å². The number of pyridine rings is 1. The number of aromatic nitrogens is 3. The summed E-state index contributed by atoms with van der Waals surface area (Å²) in [6.07, 6.45) is 0.972. The number of hydrogen-bond acceptors (Lipinski definition) is 6. The number of aryl methyl sites for hydroxylation is 1. The lowest BCUT2D eigenvalue weighted by atomic mass is 9.98. The highest BCUT2D eigenvalue weighted by atomic mass is 19.1. The number of amides is 1. The van der Waals surface area contributed by atoms with Crippen LogP contribution in [0.25, 0.3) is 16.8 Å². The van der Waals surface area contributed by atoms with E-state index < -0.39 is 17.8 Å². The highest BCUT2D eigenvalue weighted by molar-refractivity contribution is 5.97. The molecule has 2 aromatic carbocycles. The summed E-state index contributed by atoms with van der Waals surface area (Å²) >= 11 is 0. The summed E-state index contributed by atoms with van der Waals surface area (Å²) < 4.78 is 16.9. The number of nitrogens with two attached hydrogens (primary N) is 1.